The van der Waals surface area contributed by atoms with Crippen LogP contribution in [-0.2, 0) is 9.53 Å². The molecule has 0 bridgehead atoms. The number of hydrogen-bond donors (Lipinski definition) is 1. The van der Waals surface area contributed by atoms with Crippen LogP contribution in [0.15, 0.2) is 18.2 Å². The minimum atomic E-state index is -0.461. The number of carbonyl (C=O) groups excluding carboxylic acids is 1. The van der Waals surface area contributed by atoms with Crippen molar-refractivity contribution in [2.75, 3.05) is 31.2 Å². The van der Waals surface area contributed by atoms with Crippen molar-refractivity contribution in [3.63, 3.8) is 0 Å². The number of ether oxygens (including phenoxy) is 2. The molecule has 5 nitrogen and oxygen atoms in total. The van der Waals surface area contributed by atoms with E-state index in [0.717, 1.165) is 11.4 Å². The maximum atomic E-state index is 12.4. The zero-order valence-corrected chi connectivity index (χ0v) is 13.0. The van der Waals surface area contributed by atoms with Crippen molar-refractivity contribution in [2.45, 2.75) is 32.8 Å². The van der Waals surface area contributed by atoms with Gasteiger partial charge in [-0.15, -0.1) is 0 Å². The van der Waals surface area contributed by atoms with Gasteiger partial charge in [-0.3, -0.25) is 4.79 Å². The van der Waals surface area contributed by atoms with Gasteiger partial charge in [0.05, 0.1) is 18.9 Å². The van der Waals surface area contributed by atoms with Crippen LogP contribution in [0.3, 0.4) is 0 Å². The van der Waals surface area contributed by atoms with Gasteiger partial charge in [-0.25, -0.2) is 0 Å². The van der Waals surface area contributed by atoms with Gasteiger partial charge in [0.15, 0.2) is 6.10 Å². The van der Waals surface area contributed by atoms with Crippen LogP contribution in [0.2, 0.25) is 0 Å². The van der Waals surface area contributed by atoms with Crippen LogP contribution < -0.4 is 15.4 Å². The van der Waals surface area contributed by atoms with Gasteiger partial charge in [0, 0.05) is 13.1 Å². The number of benzene rings is 1. The minimum Gasteiger partial charge on any atom is -0.479 e. The van der Waals surface area contributed by atoms with Crippen molar-refractivity contribution in [3.05, 3.63) is 23.8 Å². The summed E-state index contributed by atoms with van der Waals surface area (Å²) in [5.41, 5.74) is 7.42. The fourth-order valence-electron chi connectivity index (χ4n) is 2.36. The Hall–Kier alpha value is -1.59. The van der Waals surface area contributed by atoms with Gasteiger partial charge in [-0.1, -0.05) is 19.9 Å². The molecule has 0 spiro atoms. The van der Waals surface area contributed by atoms with Crippen LogP contribution in [0.25, 0.3) is 0 Å². The molecule has 1 aromatic rings. The summed E-state index contributed by atoms with van der Waals surface area (Å²) in [7, 11) is 0. The first kappa shape index (κ1) is 15.8. The molecule has 1 aliphatic heterocycles. The van der Waals surface area contributed by atoms with E-state index in [4.69, 9.17) is 15.2 Å². The minimum absolute atomic E-state index is 0.0280. The average Bonchev–Trinajstić information content (AvgIpc) is 2.46. The third-order valence-electron chi connectivity index (χ3n) is 3.58. The lowest BCUT2D eigenvalue weighted by atomic mass is 10.0. The predicted octanol–water partition coefficient (Wildman–Crippen LogP) is 1.90. The Bertz CT molecular complexity index is 502. The molecule has 1 aliphatic rings. The first-order valence-electron chi connectivity index (χ1n) is 7.44. The fourth-order valence-corrected chi connectivity index (χ4v) is 2.36. The molecule has 0 saturated heterocycles. The molecule has 1 unspecified atom stereocenters. The van der Waals surface area contributed by atoms with Gasteiger partial charge in [0.1, 0.15) is 5.75 Å². The summed E-state index contributed by atoms with van der Waals surface area (Å²) in [6.07, 6.45) is -0.461. The maximum absolute atomic E-state index is 12.4. The molecule has 1 heterocycles. The van der Waals surface area contributed by atoms with Gasteiger partial charge in [-0.2, -0.15) is 0 Å². The van der Waals surface area contributed by atoms with E-state index < -0.39 is 6.10 Å². The fraction of sp³-hybridized carbons (Fsp3) is 0.562. The largest absolute Gasteiger partial charge is 0.479 e. The van der Waals surface area contributed by atoms with E-state index in [0.29, 0.717) is 32.2 Å². The second-order valence-corrected chi connectivity index (χ2v) is 5.53. The van der Waals surface area contributed by atoms with E-state index in [9.17, 15) is 4.79 Å². The van der Waals surface area contributed by atoms with Crippen molar-refractivity contribution < 1.29 is 14.3 Å². The molecular formula is C16H24N2O3. The molecule has 21 heavy (non-hydrogen) atoms. The second-order valence-electron chi connectivity index (χ2n) is 5.53. The van der Waals surface area contributed by atoms with Gasteiger partial charge in [0.25, 0.3) is 5.91 Å². The number of hydrogen-bond acceptors (Lipinski definition) is 4. The van der Waals surface area contributed by atoms with E-state index in [1.165, 1.54) is 5.56 Å². The maximum Gasteiger partial charge on any atom is 0.267 e. The lowest BCUT2D eigenvalue weighted by Gasteiger charge is -2.33. The first-order valence-corrected chi connectivity index (χ1v) is 7.44. The lowest BCUT2D eigenvalue weighted by Crippen LogP contribution is -2.46. The molecule has 2 rings (SSSR count). The highest BCUT2D eigenvalue weighted by molar-refractivity contribution is 5.99. The summed E-state index contributed by atoms with van der Waals surface area (Å²) in [6, 6.07) is 6.03. The zero-order chi connectivity index (χ0) is 15.4. The molecule has 2 N–H and O–H groups in total. The summed E-state index contributed by atoms with van der Waals surface area (Å²) < 4.78 is 11.1. The van der Waals surface area contributed by atoms with Gasteiger partial charge < -0.3 is 20.1 Å². The highest BCUT2D eigenvalue weighted by Gasteiger charge is 2.31. The monoisotopic (exact) mass is 292 g/mol. The van der Waals surface area contributed by atoms with Gasteiger partial charge in [0.2, 0.25) is 0 Å². The smallest absolute Gasteiger partial charge is 0.267 e. The molecule has 0 saturated carbocycles. The number of nitrogens with two attached hydrogens (primary N) is 1. The molecule has 0 radical (unpaired) electrons. The number of rotatable bonds is 6. The van der Waals surface area contributed by atoms with E-state index in [1.54, 1.807) is 11.8 Å². The summed E-state index contributed by atoms with van der Waals surface area (Å²) in [5, 5.41) is 0. The van der Waals surface area contributed by atoms with Crippen LogP contribution in [0, 0.1) is 0 Å². The van der Waals surface area contributed by atoms with Crippen LogP contribution in [-0.4, -0.2) is 38.3 Å². The van der Waals surface area contributed by atoms with Crippen molar-refractivity contribution in [3.8, 4) is 5.75 Å². The van der Waals surface area contributed by atoms with E-state index >= 15 is 0 Å². The van der Waals surface area contributed by atoms with Crippen molar-refractivity contribution in [2.24, 2.45) is 5.73 Å². The molecule has 0 aromatic heterocycles. The average molecular weight is 292 g/mol. The van der Waals surface area contributed by atoms with E-state index in [1.807, 2.05) is 12.1 Å². The molecule has 0 aliphatic carbocycles. The SMILES string of the molecule is CC1Oc2ccc(C(C)C)cc2N(CCOCCN)C1=O. The summed E-state index contributed by atoms with van der Waals surface area (Å²) in [5.74, 6) is 1.13. The van der Waals surface area contributed by atoms with Crippen LogP contribution in [0.5, 0.6) is 5.75 Å². The Kier molecular flexibility index (Phi) is 5.20. The second kappa shape index (κ2) is 6.91. The lowest BCUT2D eigenvalue weighted by molar-refractivity contribution is -0.125. The quantitative estimate of drug-likeness (QED) is 0.813. The van der Waals surface area contributed by atoms with E-state index in [-0.39, 0.29) is 5.91 Å². The molecule has 0 fully saturated rings. The molecular weight excluding hydrogens is 268 g/mol. The molecule has 116 valence electrons. The number of anilines is 1. The third-order valence-corrected chi connectivity index (χ3v) is 3.58. The van der Waals surface area contributed by atoms with Crippen molar-refractivity contribution in [1.82, 2.24) is 0 Å². The number of amides is 1. The van der Waals surface area contributed by atoms with Crippen molar-refractivity contribution in [1.29, 1.82) is 0 Å². The first-order chi connectivity index (χ1) is 10.0. The van der Waals surface area contributed by atoms with E-state index in [2.05, 4.69) is 19.9 Å². The topological polar surface area (TPSA) is 64.8 Å². The predicted molar refractivity (Wildman–Crippen MR) is 82.8 cm³/mol. The molecule has 5 heteroatoms. The normalized spacial score (nSPS) is 17.9. The van der Waals surface area contributed by atoms with Gasteiger partial charge in [-0.05, 0) is 30.5 Å². The Morgan fingerprint density at radius 1 is 1.38 bits per heavy atom. The standard InChI is InChI=1S/C16H24N2O3/c1-11(2)13-4-5-15-14(10-13)18(7-9-20-8-6-17)16(19)12(3)21-15/h4-5,10-12H,6-9,17H2,1-3H3. The summed E-state index contributed by atoms with van der Waals surface area (Å²) in [6.45, 7) is 8.01. The van der Waals surface area contributed by atoms with Crippen LogP contribution in [0.1, 0.15) is 32.3 Å². The Labute approximate surface area is 126 Å². The summed E-state index contributed by atoms with van der Waals surface area (Å²) in [4.78, 5) is 14.1. The number of nitrogens with zero attached hydrogens (tertiary/aromatic N) is 1. The Morgan fingerprint density at radius 3 is 2.81 bits per heavy atom. The van der Waals surface area contributed by atoms with Gasteiger partial charge >= 0.3 is 0 Å². The Morgan fingerprint density at radius 2 is 2.14 bits per heavy atom. The van der Waals surface area contributed by atoms with Crippen molar-refractivity contribution >= 4 is 11.6 Å². The highest BCUT2D eigenvalue weighted by Crippen LogP contribution is 2.36. The zero-order valence-electron chi connectivity index (χ0n) is 13.0. The highest BCUT2D eigenvalue weighted by atomic mass is 16.5. The third kappa shape index (κ3) is 3.54. The van der Waals surface area contributed by atoms with Crippen LogP contribution in [0.4, 0.5) is 5.69 Å². The Balaban J connectivity index is 2.22. The number of carbonyl (C=O) groups is 1. The molecule has 1 atom stereocenters. The molecule has 1 aromatic carbocycles. The summed E-state index contributed by atoms with van der Waals surface area (Å²) >= 11 is 0. The van der Waals surface area contributed by atoms with Crippen LogP contribution >= 0.6 is 0 Å². The molecule has 1 amide bonds. The number of fused-ring (bicyclic) bond motifs is 1.